The van der Waals surface area contributed by atoms with Crippen LogP contribution in [-0.2, 0) is 0 Å². The third-order valence-corrected chi connectivity index (χ3v) is 6.76. The van der Waals surface area contributed by atoms with Gasteiger partial charge in [-0.25, -0.2) is 9.37 Å². The van der Waals surface area contributed by atoms with Gasteiger partial charge in [0.2, 0.25) is 5.88 Å². The molecular formula is C26H29FN2O. The van der Waals surface area contributed by atoms with Gasteiger partial charge in [0.15, 0.2) is 0 Å². The van der Waals surface area contributed by atoms with E-state index in [2.05, 4.69) is 44.3 Å². The first kappa shape index (κ1) is 19.5. The quantitative estimate of drug-likeness (QED) is 0.580. The maximum absolute atomic E-state index is 13.6. The Morgan fingerprint density at radius 2 is 1.87 bits per heavy atom. The predicted octanol–water partition coefficient (Wildman–Crippen LogP) is 5.99. The summed E-state index contributed by atoms with van der Waals surface area (Å²) in [6.45, 7) is 8.64. The van der Waals surface area contributed by atoms with E-state index in [0.29, 0.717) is 5.41 Å². The number of nitrogens with zero attached hydrogens (tertiary/aromatic N) is 1. The smallest absolute Gasteiger partial charge is 0.221 e. The molecule has 2 aromatic carbocycles. The van der Waals surface area contributed by atoms with Crippen LogP contribution in [0.25, 0.3) is 21.9 Å². The maximum Gasteiger partial charge on any atom is 0.221 e. The van der Waals surface area contributed by atoms with Crippen molar-refractivity contribution in [2.45, 2.75) is 52.1 Å². The summed E-state index contributed by atoms with van der Waals surface area (Å²) in [4.78, 5) is 5.05. The first-order valence-electron chi connectivity index (χ1n) is 11.0. The van der Waals surface area contributed by atoms with E-state index < -0.39 is 0 Å². The van der Waals surface area contributed by atoms with Gasteiger partial charge in [-0.05, 0) is 73.2 Å². The van der Waals surface area contributed by atoms with E-state index in [-0.39, 0.29) is 17.8 Å². The van der Waals surface area contributed by atoms with Crippen molar-refractivity contribution in [1.29, 1.82) is 0 Å². The zero-order valence-electron chi connectivity index (χ0n) is 18.0. The molecule has 2 aliphatic rings. The number of pyridine rings is 1. The van der Waals surface area contributed by atoms with Gasteiger partial charge in [0.1, 0.15) is 11.9 Å². The molecule has 5 rings (SSSR count). The Labute approximate surface area is 177 Å². The van der Waals surface area contributed by atoms with E-state index >= 15 is 0 Å². The number of aryl methyl sites for hydroxylation is 1. The number of hydrogen-bond donors (Lipinski definition) is 1. The summed E-state index contributed by atoms with van der Waals surface area (Å²) in [5.74, 6) is 0.747. The van der Waals surface area contributed by atoms with Crippen molar-refractivity contribution in [3.8, 4) is 17.0 Å². The topological polar surface area (TPSA) is 34.1 Å². The molecule has 3 aromatic rings. The highest BCUT2D eigenvalue weighted by Gasteiger charge is 2.47. The second kappa shape index (κ2) is 7.35. The number of fused-ring (bicyclic) bond motifs is 1. The van der Waals surface area contributed by atoms with E-state index in [1.165, 1.54) is 24.1 Å². The van der Waals surface area contributed by atoms with Crippen LogP contribution in [-0.4, -0.2) is 24.2 Å². The van der Waals surface area contributed by atoms with E-state index in [0.717, 1.165) is 59.4 Å². The Morgan fingerprint density at radius 3 is 2.53 bits per heavy atom. The molecule has 0 bridgehead atoms. The van der Waals surface area contributed by atoms with E-state index in [1.54, 1.807) is 0 Å². The monoisotopic (exact) mass is 404 g/mol. The summed E-state index contributed by atoms with van der Waals surface area (Å²) in [5, 5.41) is 5.66. The van der Waals surface area contributed by atoms with Crippen LogP contribution in [0.2, 0.25) is 0 Å². The van der Waals surface area contributed by atoms with Gasteiger partial charge in [-0.3, -0.25) is 0 Å². The zero-order valence-corrected chi connectivity index (χ0v) is 18.0. The van der Waals surface area contributed by atoms with Crippen LogP contribution < -0.4 is 10.1 Å². The SMILES string of the molecule is Cc1ccc2c(-c3ccc(F)cc3)c(C(C)C)nc(OC3CC4(CCNC4)C3)c2c1. The van der Waals surface area contributed by atoms with Gasteiger partial charge in [-0.15, -0.1) is 0 Å². The predicted molar refractivity (Wildman–Crippen MR) is 120 cm³/mol. The summed E-state index contributed by atoms with van der Waals surface area (Å²) in [6.07, 6.45) is 3.69. The molecule has 0 unspecified atom stereocenters. The molecule has 1 aliphatic carbocycles. The summed E-state index contributed by atoms with van der Waals surface area (Å²) < 4.78 is 20.1. The third kappa shape index (κ3) is 3.37. The molecule has 2 heterocycles. The molecule has 1 spiro atoms. The normalized spacial score (nSPS) is 23.3. The van der Waals surface area contributed by atoms with Crippen LogP contribution in [0.5, 0.6) is 5.88 Å². The molecular weight excluding hydrogens is 375 g/mol. The van der Waals surface area contributed by atoms with Crippen molar-refractivity contribution in [3.63, 3.8) is 0 Å². The van der Waals surface area contributed by atoms with Gasteiger partial charge >= 0.3 is 0 Å². The number of rotatable bonds is 4. The number of halogens is 1. The molecule has 1 aliphatic heterocycles. The number of hydrogen-bond acceptors (Lipinski definition) is 3. The first-order valence-corrected chi connectivity index (χ1v) is 11.0. The number of ether oxygens (including phenoxy) is 1. The van der Waals surface area contributed by atoms with E-state index in [9.17, 15) is 4.39 Å². The average molecular weight is 405 g/mol. The molecule has 4 heteroatoms. The lowest BCUT2D eigenvalue weighted by molar-refractivity contribution is -0.00295. The Balaban J connectivity index is 1.60. The van der Waals surface area contributed by atoms with Crippen LogP contribution in [0.3, 0.4) is 0 Å². The van der Waals surface area contributed by atoms with Crippen LogP contribution in [0.1, 0.15) is 50.3 Å². The van der Waals surface area contributed by atoms with Crippen molar-refractivity contribution in [1.82, 2.24) is 10.3 Å². The fourth-order valence-corrected chi connectivity index (χ4v) is 5.14. The summed E-state index contributed by atoms with van der Waals surface area (Å²) in [5.41, 5.74) is 4.70. The molecule has 0 atom stereocenters. The standard InChI is InChI=1S/C26H29FN2O/c1-16(2)24-23(18-5-7-19(27)8-6-18)21-9-4-17(3)12-22(21)25(29-24)30-20-13-26(14-20)10-11-28-15-26/h4-9,12,16,20,28H,10-11,13-15H2,1-3H3. The average Bonchev–Trinajstić information content (AvgIpc) is 3.18. The van der Waals surface area contributed by atoms with Crippen molar-refractivity contribution in [3.05, 3.63) is 59.5 Å². The minimum Gasteiger partial charge on any atom is -0.474 e. The Morgan fingerprint density at radius 1 is 1.10 bits per heavy atom. The molecule has 1 N–H and O–H groups in total. The third-order valence-electron chi connectivity index (χ3n) is 6.76. The molecule has 2 fully saturated rings. The second-order valence-electron chi connectivity index (χ2n) is 9.46. The highest BCUT2D eigenvalue weighted by atomic mass is 19.1. The molecule has 156 valence electrons. The van der Waals surface area contributed by atoms with Crippen LogP contribution in [0, 0.1) is 18.2 Å². The van der Waals surface area contributed by atoms with Gasteiger partial charge < -0.3 is 10.1 Å². The van der Waals surface area contributed by atoms with Crippen molar-refractivity contribution >= 4 is 10.8 Å². The fraction of sp³-hybridized carbons (Fsp3) is 0.423. The Kier molecular flexibility index (Phi) is 4.78. The minimum atomic E-state index is -0.224. The molecule has 1 saturated heterocycles. The molecule has 3 nitrogen and oxygen atoms in total. The number of aromatic nitrogens is 1. The molecule has 1 saturated carbocycles. The second-order valence-corrected chi connectivity index (χ2v) is 9.46. The molecule has 0 radical (unpaired) electrons. The zero-order chi connectivity index (χ0) is 20.9. The van der Waals surface area contributed by atoms with Crippen molar-refractivity contribution < 1.29 is 9.13 Å². The van der Waals surface area contributed by atoms with Crippen LogP contribution in [0.15, 0.2) is 42.5 Å². The van der Waals surface area contributed by atoms with Crippen molar-refractivity contribution in [2.24, 2.45) is 5.41 Å². The van der Waals surface area contributed by atoms with Gasteiger partial charge in [-0.2, -0.15) is 0 Å². The van der Waals surface area contributed by atoms with Crippen LogP contribution >= 0.6 is 0 Å². The van der Waals surface area contributed by atoms with Gasteiger partial charge in [-0.1, -0.05) is 43.7 Å². The lowest BCUT2D eigenvalue weighted by Gasteiger charge is -2.44. The Bertz CT molecular complexity index is 1080. The van der Waals surface area contributed by atoms with E-state index in [4.69, 9.17) is 9.72 Å². The van der Waals surface area contributed by atoms with Crippen LogP contribution in [0.4, 0.5) is 4.39 Å². The summed E-state index contributed by atoms with van der Waals surface area (Å²) in [6, 6.07) is 13.2. The van der Waals surface area contributed by atoms with E-state index in [1.807, 2.05) is 12.1 Å². The highest BCUT2D eigenvalue weighted by molar-refractivity contribution is 6.00. The molecule has 1 aromatic heterocycles. The lowest BCUT2D eigenvalue weighted by Crippen LogP contribution is -2.45. The summed E-state index contributed by atoms with van der Waals surface area (Å²) >= 11 is 0. The number of benzene rings is 2. The fourth-order valence-electron chi connectivity index (χ4n) is 5.14. The highest BCUT2D eigenvalue weighted by Crippen LogP contribution is 2.48. The Hall–Kier alpha value is -2.46. The first-order chi connectivity index (χ1) is 14.4. The van der Waals surface area contributed by atoms with Gasteiger partial charge in [0.25, 0.3) is 0 Å². The lowest BCUT2D eigenvalue weighted by atomic mass is 9.66. The molecule has 30 heavy (non-hydrogen) atoms. The van der Waals surface area contributed by atoms with Gasteiger partial charge in [0.05, 0.1) is 5.69 Å². The number of nitrogens with one attached hydrogen (secondary N) is 1. The largest absolute Gasteiger partial charge is 0.474 e. The minimum absolute atomic E-state index is 0.224. The van der Waals surface area contributed by atoms with Crippen molar-refractivity contribution in [2.75, 3.05) is 13.1 Å². The molecule has 0 amide bonds. The summed E-state index contributed by atoms with van der Waals surface area (Å²) in [7, 11) is 0. The maximum atomic E-state index is 13.6. The van der Waals surface area contributed by atoms with Gasteiger partial charge in [0, 0.05) is 17.5 Å².